The molecule has 5 rings (SSSR count). The van der Waals surface area contributed by atoms with Gasteiger partial charge in [-0.3, -0.25) is 4.79 Å². The van der Waals surface area contributed by atoms with Crippen molar-refractivity contribution in [1.29, 1.82) is 0 Å². The predicted molar refractivity (Wildman–Crippen MR) is 114 cm³/mol. The van der Waals surface area contributed by atoms with Crippen molar-refractivity contribution in [3.05, 3.63) is 88.5 Å². The number of hydrogen-bond acceptors (Lipinski definition) is 4. The maximum atomic E-state index is 13.9. The Kier molecular flexibility index (Phi) is 4.88. The summed E-state index contributed by atoms with van der Waals surface area (Å²) >= 11 is 0. The van der Waals surface area contributed by atoms with Crippen molar-refractivity contribution in [2.75, 3.05) is 11.4 Å². The summed E-state index contributed by atoms with van der Waals surface area (Å²) in [5.74, 6) is -0.752. The van der Waals surface area contributed by atoms with Gasteiger partial charge in [-0.15, -0.1) is 0 Å². The first-order valence-corrected chi connectivity index (χ1v) is 10.6. The Bertz CT molecular complexity index is 1220. The van der Waals surface area contributed by atoms with E-state index in [1.54, 1.807) is 11.0 Å². The quantitative estimate of drug-likeness (QED) is 0.624. The molecule has 170 valence electrons. The van der Waals surface area contributed by atoms with Crippen molar-refractivity contribution in [3.8, 4) is 0 Å². The molecular formula is C24H20F4N4O. The van der Waals surface area contributed by atoms with Crippen LogP contribution >= 0.6 is 0 Å². The van der Waals surface area contributed by atoms with Crippen molar-refractivity contribution in [1.82, 2.24) is 5.32 Å². The first-order chi connectivity index (χ1) is 15.8. The number of azo groups is 1. The van der Waals surface area contributed by atoms with Crippen LogP contribution in [0.15, 0.2) is 81.8 Å². The molecule has 5 nitrogen and oxygen atoms in total. The van der Waals surface area contributed by atoms with E-state index in [2.05, 4.69) is 15.5 Å². The van der Waals surface area contributed by atoms with Gasteiger partial charge in [0.2, 0.25) is 0 Å². The summed E-state index contributed by atoms with van der Waals surface area (Å²) in [5, 5.41) is 11.5. The minimum Gasteiger partial charge on any atom is -0.362 e. The van der Waals surface area contributed by atoms with E-state index in [4.69, 9.17) is 0 Å². The Morgan fingerprint density at radius 1 is 1.18 bits per heavy atom. The van der Waals surface area contributed by atoms with Gasteiger partial charge in [0.15, 0.2) is 6.17 Å². The van der Waals surface area contributed by atoms with Crippen LogP contribution in [0.2, 0.25) is 0 Å². The van der Waals surface area contributed by atoms with Crippen molar-refractivity contribution in [2.24, 2.45) is 10.2 Å². The fourth-order valence-corrected chi connectivity index (χ4v) is 5.08. The SMILES string of the molecule is CCC1(c2cccc(C(F)(F)F)c2)C2=CN=NC2NC2=C1C(=O)N(c1ccc(F)cc1)CC2. The predicted octanol–water partition coefficient (Wildman–Crippen LogP) is 5.46. The molecule has 33 heavy (non-hydrogen) atoms. The van der Waals surface area contributed by atoms with E-state index in [9.17, 15) is 22.4 Å². The van der Waals surface area contributed by atoms with E-state index in [1.165, 1.54) is 36.5 Å². The van der Waals surface area contributed by atoms with E-state index in [-0.39, 0.29) is 5.91 Å². The Morgan fingerprint density at radius 3 is 2.64 bits per heavy atom. The fourth-order valence-electron chi connectivity index (χ4n) is 5.08. The van der Waals surface area contributed by atoms with Gasteiger partial charge < -0.3 is 10.2 Å². The summed E-state index contributed by atoms with van der Waals surface area (Å²) in [6.45, 7) is 2.19. The molecule has 2 aromatic carbocycles. The van der Waals surface area contributed by atoms with Crippen LogP contribution in [-0.4, -0.2) is 18.6 Å². The molecule has 1 N–H and O–H groups in total. The van der Waals surface area contributed by atoms with Gasteiger partial charge in [0.1, 0.15) is 5.82 Å². The number of benzene rings is 2. The average molecular weight is 456 g/mol. The van der Waals surface area contributed by atoms with Gasteiger partial charge >= 0.3 is 6.18 Å². The lowest BCUT2D eigenvalue weighted by Crippen LogP contribution is -2.54. The van der Waals surface area contributed by atoms with Crippen LogP contribution in [0.25, 0.3) is 0 Å². The van der Waals surface area contributed by atoms with Crippen LogP contribution in [0, 0.1) is 5.82 Å². The number of rotatable bonds is 3. The number of amides is 1. The van der Waals surface area contributed by atoms with Gasteiger partial charge in [0.25, 0.3) is 5.91 Å². The van der Waals surface area contributed by atoms with Gasteiger partial charge in [0, 0.05) is 29.9 Å². The summed E-state index contributed by atoms with van der Waals surface area (Å²) in [6, 6.07) is 10.7. The van der Waals surface area contributed by atoms with Crippen LogP contribution in [0.4, 0.5) is 23.2 Å². The van der Waals surface area contributed by atoms with E-state index in [1.807, 2.05) is 6.92 Å². The van der Waals surface area contributed by atoms with Gasteiger partial charge in [-0.1, -0.05) is 25.1 Å². The molecule has 0 spiro atoms. The van der Waals surface area contributed by atoms with Crippen molar-refractivity contribution in [3.63, 3.8) is 0 Å². The zero-order chi connectivity index (χ0) is 23.4. The normalized spacial score (nSPS) is 24.4. The fraction of sp³-hybridized carbons (Fsp3) is 0.292. The molecule has 0 fully saturated rings. The largest absolute Gasteiger partial charge is 0.416 e. The molecule has 3 aliphatic rings. The molecule has 0 saturated heterocycles. The van der Waals surface area contributed by atoms with Gasteiger partial charge in [0.05, 0.1) is 22.8 Å². The number of anilines is 1. The van der Waals surface area contributed by atoms with Crippen LogP contribution < -0.4 is 10.2 Å². The second kappa shape index (κ2) is 7.54. The van der Waals surface area contributed by atoms with Crippen molar-refractivity contribution in [2.45, 2.75) is 37.5 Å². The minimum absolute atomic E-state index is 0.333. The standard InChI is InChI=1S/C24H20F4N4O/c1-2-23(14-4-3-5-15(12-14)24(26,27)28)18-13-29-31-21(18)30-19-10-11-32(22(33)20(19)23)17-8-6-16(25)7-9-17/h3-9,12-13,21,30H,2,10-11H2,1H3. The molecule has 0 aliphatic carbocycles. The number of carbonyl (C=O) groups excluding carboxylic acids is 1. The number of nitrogens with one attached hydrogen (secondary N) is 1. The van der Waals surface area contributed by atoms with Crippen LogP contribution in [0.5, 0.6) is 0 Å². The monoisotopic (exact) mass is 456 g/mol. The highest BCUT2D eigenvalue weighted by Gasteiger charge is 2.53. The van der Waals surface area contributed by atoms with Crippen LogP contribution in [-0.2, 0) is 16.4 Å². The lowest BCUT2D eigenvalue weighted by atomic mass is 9.62. The second-order valence-electron chi connectivity index (χ2n) is 8.24. The maximum Gasteiger partial charge on any atom is 0.416 e. The first kappa shape index (κ1) is 21.4. The molecule has 2 atom stereocenters. The molecule has 0 saturated carbocycles. The Morgan fingerprint density at radius 2 is 1.94 bits per heavy atom. The molecule has 1 amide bonds. The second-order valence-corrected chi connectivity index (χ2v) is 8.24. The molecule has 0 bridgehead atoms. The number of carbonyl (C=O) groups is 1. The zero-order valence-electron chi connectivity index (χ0n) is 17.7. The Labute approximate surface area is 187 Å². The number of alkyl halides is 3. The average Bonchev–Trinajstić information content (AvgIpc) is 3.27. The highest BCUT2D eigenvalue weighted by molar-refractivity contribution is 6.09. The van der Waals surface area contributed by atoms with E-state index in [0.29, 0.717) is 47.5 Å². The molecule has 3 aliphatic heterocycles. The number of hydrogen-bond donors (Lipinski definition) is 1. The molecule has 0 radical (unpaired) electrons. The summed E-state index contributed by atoms with van der Waals surface area (Å²) in [6.07, 6.45) is -2.73. The molecule has 2 unspecified atom stereocenters. The summed E-state index contributed by atoms with van der Waals surface area (Å²) in [7, 11) is 0. The van der Waals surface area contributed by atoms with E-state index in [0.717, 1.165) is 12.1 Å². The Balaban J connectivity index is 1.70. The molecule has 3 heterocycles. The van der Waals surface area contributed by atoms with Gasteiger partial charge in [-0.05, 0) is 42.3 Å². The third-order valence-corrected chi connectivity index (χ3v) is 6.60. The minimum atomic E-state index is -4.52. The van der Waals surface area contributed by atoms with Gasteiger partial charge in [-0.25, -0.2) is 4.39 Å². The molecule has 0 aromatic heterocycles. The molecular weight excluding hydrogens is 436 g/mol. The number of nitrogens with zero attached hydrogens (tertiary/aromatic N) is 3. The topological polar surface area (TPSA) is 57.1 Å². The number of halogens is 4. The maximum absolute atomic E-state index is 13.9. The highest BCUT2D eigenvalue weighted by atomic mass is 19.4. The lowest BCUT2D eigenvalue weighted by molar-refractivity contribution is -0.137. The molecule has 2 aromatic rings. The smallest absolute Gasteiger partial charge is 0.362 e. The third-order valence-electron chi connectivity index (χ3n) is 6.60. The Hall–Kier alpha value is -3.49. The molecule has 9 heteroatoms. The lowest BCUT2D eigenvalue weighted by Gasteiger charge is -2.47. The first-order valence-electron chi connectivity index (χ1n) is 10.6. The number of fused-ring (bicyclic) bond motifs is 1. The summed E-state index contributed by atoms with van der Waals surface area (Å²) in [4.78, 5) is 15.4. The van der Waals surface area contributed by atoms with E-state index >= 15 is 0 Å². The summed E-state index contributed by atoms with van der Waals surface area (Å²) in [5.41, 5.74) is 0.653. The highest BCUT2D eigenvalue weighted by Crippen LogP contribution is 2.51. The van der Waals surface area contributed by atoms with Crippen molar-refractivity contribution >= 4 is 11.6 Å². The zero-order valence-corrected chi connectivity index (χ0v) is 17.7. The van der Waals surface area contributed by atoms with Crippen LogP contribution in [0.1, 0.15) is 30.9 Å². The third kappa shape index (κ3) is 3.25. The van der Waals surface area contributed by atoms with Gasteiger partial charge in [-0.2, -0.15) is 23.4 Å². The van der Waals surface area contributed by atoms with Crippen molar-refractivity contribution < 1.29 is 22.4 Å². The summed E-state index contributed by atoms with van der Waals surface area (Å²) < 4.78 is 54.2. The van der Waals surface area contributed by atoms with E-state index < -0.39 is 29.1 Å². The van der Waals surface area contributed by atoms with Crippen LogP contribution in [0.3, 0.4) is 0 Å².